The molecule has 0 saturated heterocycles. The van der Waals surface area contributed by atoms with Crippen LogP contribution in [0.25, 0.3) is 11.1 Å². The number of benzene rings is 2. The number of carbonyl (C=O) groups excluding carboxylic acids is 1. The Labute approximate surface area is 163 Å². The van der Waals surface area contributed by atoms with Gasteiger partial charge in [-0.3, -0.25) is 9.59 Å². The maximum absolute atomic E-state index is 12.4. The molecule has 0 radical (unpaired) electrons. The molecule has 1 aromatic heterocycles. The Hall–Kier alpha value is -3.41. The van der Waals surface area contributed by atoms with Crippen molar-refractivity contribution in [3.8, 4) is 11.1 Å². The molecule has 3 N–H and O–H groups in total. The predicted octanol–water partition coefficient (Wildman–Crippen LogP) is 3.53. The van der Waals surface area contributed by atoms with Crippen LogP contribution in [0.3, 0.4) is 0 Å². The Kier molecular flexibility index (Phi) is 6.22. The predicted molar refractivity (Wildman–Crippen MR) is 107 cm³/mol. The molecule has 0 fully saturated rings. The number of rotatable bonds is 8. The minimum Gasteiger partial charge on any atom is -0.481 e. The van der Waals surface area contributed by atoms with Gasteiger partial charge in [-0.25, -0.2) is 4.98 Å². The molecule has 0 aliphatic rings. The topological polar surface area (TPSA) is 95.1 Å². The zero-order chi connectivity index (χ0) is 19.9. The van der Waals surface area contributed by atoms with E-state index in [0.29, 0.717) is 12.8 Å². The molecule has 6 nitrogen and oxygen atoms in total. The summed E-state index contributed by atoms with van der Waals surface area (Å²) in [5.41, 5.74) is 3.56. The Morgan fingerprint density at radius 3 is 2.36 bits per heavy atom. The van der Waals surface area contributed by atoms with E-state index in [1.54, 1.807) is 6.92 Å². The fourth-order valence-corrected chi connectivity index (χ4v) is 3.11. The number of carbonyl (C=O) groups is 2. The number of aromatic amines is 1. The number of aromatic nitrogens is 2. The van der Waals surface area contributed by atoms with Gasteiger partial charge in [0, 0.05) is 12.2 Å². The lowest BCUT2D eigenvalue weighted by atomic mass is 9.95. The molecule has 0 bridgehead atoms. The third-order valence-corrected chi connectivity index (χ3v) is 4.67. The number of carboxylic acid groups (broad SMARTS) is 1. The molecular weight excluding hydrogens is 354 g/mol. The van der Waals surface area contributed by atoms with Gasteiger partial charge in [-0.15, -0.1) is 0 Å². The lowest BCUT2D eigenvalue weighted by molar-refractivity contribution is -0.141. The Morgan fingerprint density at radius 1 is 1.07 bits per heavy atom. The molecule has 2 atom stereocenters. The molecule has 144 valence electrons. The van der Waals surface area contributed by atoms with Gasteiger partial charge in [-0.2, -0.15) is 0 Å². The van der Waals surface area contributed by atoms with Crippen LogP contribution in [0.4, 0.5) is 0 Å². The van der Waals surface area contributed by atoms with Crippen LogP contribution in [0.2, 0.25) is 0 Å². The number of hydrogen-bond donors (Lipinski definition) is 3. The number of hydrogen-bond acceptors (Lipinski definition) is 3. The first-order valence-corrected chi connectivity index (χ1v) is 9.19. The van der Waals surface area contributed by atoms with Gasteiger partial charge in [-0.05, 0) is 29.5 Å². The van der Waals surface area contributed by atoms with Crippen molar-refractivity contribution >= 4 is 11.9 Å². The van der Waals surface area contributed by atoms with E-state index < -0.39 is 11.9 Å². The molecule has 1 heterocycles. The number of aliphatic carboxylic acids is 1. The Morgan fingerprint density at radius 2 is 1.75 bits per heavy atom. The number of nitrogens with one attached hydrogen (secondary N) is 2. The second kappa shape index (κ2) is 8.99. The zero-order valence-electron chi connectivity index (χ0n) is 15.6. The maximum Gasteiger partial charge on any atom is 0.306 e. The lowest BCUT2D eigenvalue weighted by Crippen LogP contribution is -2.38. The van der Waals surface area contributed by atoms with Crippen molar-refractivity contribution in [2.75, 3.05) is 0 Å². The normalized spacial score (nSPS) is 12.9. The van der Waals surface area contributed by atoms with Crippen molar-refractivity contribution in [3.05, 3.63) is 78.4 Å². The quantitative estimate of drug-likeness (QED) is 0.560. The average molecular weight is 377 g/mol. The standard InChI is InChI=1S/C22H23N3O3/c1-15(22(27)28)11-19(25-21(26)20-13-23-14-24-20)12-16-7-9-18(10-8-16)17-5-3-2-4-6-17/h2-10,13-15,19H,11-12H2,1H3,(H,23,24)(H,25,26)(H,27,28)/t15-,19?/m1/s1. The highest BCUT2D eigenvalue weighted by atomic mass is 16.4. The van der Waals surface area contributed by atoms with Gasteiger partial charge in [0.25, 0.3) is 5.91 Å². The summed E-state index contributed by atoms with van der Waals surface area (Å²) < 4.78 is 0. The summed E-state index contributed by atoms with van der Waals surface area (Å²) >= 11 is 0. The SMILES string of the molecule is C[C@H](CC(Cc1ccc(-c2ccccc2)cc1)NC(=O)c1c[nH]cn1)C(=O)O. The van der Waals surface area contributed by atoms with E-state index in [1.807, 2.05) is 42.5 Å². The van der Waals surface area contributed by atoms with Crippen LogP contribution in [0.15, 0.2) is 67.1 Å². The number of nitrogens with zero attached hydrogens (tertiary/aromatic N) is 1. The molecule has 1 amide bonds. The summed E-state index contributed by atoms with van der Waals surface area (Å²) in [4.78, 5) is 30.3. The molecule has 6 heteroatoms. The average Bonchev–Trinajstić information content (AvgIpc) is 3.24. The molecule has 0 aliphatic carbocycles. The van der Waals surface area contributed by atoms with E-state index in [1.165, 1.54) is 12.5 Å². The van der Waals surface area contributed by atoms with Crippen LogP contribution >= 0.6 is 0 Å². The van der Waals surface area contributed by atoms with Crippen molar-refractivity contribution in [3.63, 3.8) is 0 Å². The highest BCUT2D eigenvalue weighted by molar-refractivity contribution is 5.92. The number of carboxylic acids is 1. The number of H-pyrrole nitrogens is 1. The third kappa shape index (κ3) is 5.07. The molecule has 0 aliphatic heterocycles. The van der Waals surface area contributed by atoms with E-state index >= 15 is 0 Å². The van der Waals surface area contributed by atoms with Gasteiger partial charge in [-0.1, -0.05) is 61.5 Å². The third-order valence-electron chi connectivity index (χ3n) is 4.67. The zero-order valence-corrected chi connectivity index (χ0v) is 15.6. The molecule has 1 unspecified atom stereocenters. The molecule has 0 saturated carbocycles. The van der Waals surface area contributed by atoms with Gasteiger partial charge in [0.1, 0.15) is 5.69 Å². The first-order chi connectivity index (χ1) is 13.5. The summed E-state index contributed by atoms with van der Waals surface area (Å²) in [6.07, 6.45) is 3.84. The first-order valence-electron chi connectivity index (χ1n) is 9.19. The molecular formula is C22H23N3O3. The number of imidazole rings is 1. The molecule has 0 spiro atoms. The highest BCUT2D eigenvalue weighted by Crippen LogP contribution is 2.20. The second-order valence-corrected chi connectivity index (χ2v) is 6.87. The largest absolute Gasteiger partial charge is 0.481 e. The van der Waals surface area contributed by atoms with E-state index in [2.05, 4.69) is 27.4 Å². The molecule has 3 rings (SSSR count). The summed E-state index contributed by atoms with van der Waals surface area (Å²) in [5.74, 6) is -1.75. The summed E-state index contributed by atoms with van der Waals surface area (Å²) in [7, 11) is 0. The summed E-state index contributed by atoms with van der Waals surface area (Å²) in [6, 6.07) is 17.9. The van der Waals surface area contributed by atoms with Crippen LogP contribution in [-0.2, 0) is 11.2 Å². The lowest BCUT2D eigenvalue weighted by Gasteiger charge is -2.20. The van der Waals surface area contributed by atoms with Crippen LogP contribution < -0.4 is 5.32 Å². The van der Waals surface area contributed by atoms with Gasteiger partial charge < -0.3 is 15.4 Å². The Balaban J connectivity index is 1.72. The van der Waals surface area contributed by atoms with Gasteiger partial charge in [0.05, 0.1) is 12.2 Å². The van der Waals surface area contributed by atoms with E-state index in [-0.39, 0.29) is 17.6 Å². The maximum atomic E-state index is 12.4. The van der Waals surface area contributed by atoms with Crippen molar-refractivity contribution in [1.29, 1.82) is 0 Å². The van der Waals surface area contributed by atoms with Crippen molar-refractivity contribution in [2.24, 2.45) is 5.92 Å². The monoisotopic (exact) mass is 377 g/mol. The van der Waals surface area contributed by atoms with Crippen LogP contribution in [0, 0.1) is 5.92 Å². The van der Waals surface area contributed by atoms with Crippen LogP contribution in [-0.4, -0.2) is 33.0 Å². The van der Waals surface area contributed by atoms with Crippen molar-refractivity contribution in [2.45, 2.75) is 25.8 Å². The summed E-state index contributed by atoms with van der Waals surface area (Å²) in [6.45, 7) is 1.65. The van der Waals surface area contributed by atoms with Crippen molar-refractivity contribution < 1.29 is 14.7 Å². The first kappa shape index (κ1) is 19.4. The minimum atomic E-state index is -0.876. The Bertz CT molecular complexity index is 906. The van der Waals surface area contributed by atoms with Gasteiger partial charge in [0.2, 0.25) is 0 Å². The smallest absolute Gasteiger partial charge is 0.306 e. The second-order valence-electron chi connectivity index (χ2n) is 6.87. The number of amides is 1. The fourth-order valence-electron chi connectivity index (χ4n) is 3.11. The van der Waals surface area contributed by atoms with Gasteiger partial charge >= 0.3 is 5.97 Å². The molecule has 3 aromatic rings. The van der Waals surface area contributed by atoms with E-state index in [9.17, 15) is 14.7 Å². The highest BCUT2D eigenvalue weighted by Gasteiger charge is 2.21. The van der Waals surface area contributed by atoms with Crippen LogP contribution in [0.5, 0.6) is 0 Å². The fraction of sp³-hybridized carbons (Fsp3) is 0.227. The van der Waals surface area contributed by atoms with E-state index in [0.717, 1.165) is 16.7 Å². The summed E-state index contributed by atoms with van der Waals surface area (Å²) in [5, 5.41) is 12.2. The van der Waals surface area contributed by atoms with Crippen molar-refractivity contribution in [1.82, 2.24) is 15.3 Å². The van der Waals surface area contributed by atoms with Gasteiger partial charge in [0.15, 0.2) is 0 Å². The minimum absolute atomic E-state index is 0.285. The molecule has 28 heavy (non-hydrogen) atoms. The van der Waals surface area contributed by atoms with E-state index in [4.69, 9.17) is 0 Å². The van der Waals surface area contributed by atoms with Crippen LogP contribution in [0.1, 0.15) is 29.4 Å². The molecule has 2 aromatic carbocycles.